The predicted octanol–water partition coefficient (Wildman–Crippen LogP) is 4.56. The van der Waals surface area contributed by atoms with E-state index >= 15 is 0 Å². The second-order valence-electron chi connectivity index (χ2n) is 6.35. The van der Waals surface area contributed by atoms with E-state index in [1.807, 2.05) is 34.9 Å². The number of ether oxygens (including phenoxy) is 1. The molecule has 0 unspecified atom stereocenters. The number of amides is 1. The zero-order chi connectivity index (χ0) is 20.4. The summed E-state index contributed by atoms with van der Waals surface area (Å²) in [6, 6.07) is 19.2. The average Bonchev–Trinajstić information content (AvgIpc) is 3.10. The van der Waals surface area contributed by atoms with Crippen LogP contribution in [0.2, 0.25) is 0 Å². The van der Waals surface area contributed by atoms with E-state index < -0.39 is 5.91 Å². The molecular weight excluding hydrogens is 389 g/mol. The highest BCUT2D eigenvalue weighted by Gasteiger charge is 2.15. The molecule has 3 aromatic carbocycles. The van der Waals surface area contributed by atoms with Crippen molar-refractivity contribution in [3.8, 4) is 11.4 Å². The maximum atomic E-state index is 13.4. The number of carbonyl (C=O) groups excluding carboxylic acids is 1. The quantitative estimate of drug-likeness (QED) is 0.476. The lowest BCUT2D eigenvalue weighted by Gasteiger charge is -2.11. The number of benzene rings is 3. The molecule has 7 heteroatoms. The van der Waals surface area contributed by atoms with Gasteiger partial charge >= 0.3 is 0 Å². The van der Waals surface area contributed by atoms with E-state index in [4.69, 9.17) is 15.5 Å². The highest BCUT2D eigenvalue weighted by molar-refractivity contribution is 7.98. The van der Waals surface area contributed by atoms with Crippen LogP contribution in [0, 0.1) is 5.82 Å². The van der Waals surface area contributed by atoms with Crippen molar-refractivity contribution in [3.05, 3.63) is 83.9 Å². The van der Waals surface area contributed by atoms with Crippen LogP contribution in [0.4, 0.5) is 4.39 Å². The van der Waals surface area contributed by atoms with Gasteiger partial charge in [-0.1, -0.05) is 12.1 Å². The van der Waals surface area contributed by atoms with E-state index in [-0.39, 0.29) is 5.82 Å². The fourth-order valence-electron chi connectivity index (χ4n) is 3.14. The number of nitrogens with zero attached hydrogens (tertiary/aromatic N) is 2. The summed E-state index contributed by atoms with van der Waals surface area (Å²) in [5, 5.41) is 0. The first-order valence-corrected chi connectivity index (χ1v) is 9.88. The summed E-state index contributed by atoms with van der Waals surface area (Å²) in [7, 11) is 1.64. The number of imidazole rings is 1. The van der Waals surface area contributed by atoms with Crippen molar-refractivity contribution in [1.29, 1.82) is 0 Å². The van der Waals surface area contributed by atoms with Gasteiger partial charge in [0.1, 0.15) is 17.4 Å². The molecule has 2 N–H and O–H groups in total. The summed E-state index contributed by atoms with van der Waals surface area (Å²) < 4.78 is 20.8. The predicted molar refractivity (Wildman–Crippen MR) is 112 cm³/mol. The Labute approximate surface area is 171 Å². The Morgan fingerprint density at radius 3 is 2.62 bits per heavy atom. The molecule has 0 bridgehead atoms. The number of carbonyl (C=O) groups is 1. The maximum Gasteiger partial charge on any atom is 0.248 e. The van der Waals surface area contributed by atoms with Gasteiger partial charge in [-0.25, -0.2) is 9.37 Å². The first-order valence-electron chi connectivity index (χ1n) is 8.90. The van der Waals surface area contributed by atoms with Crippen LogP contribution >= 0.6 is 11.8 Å². The number of aromatic nitrogens is 2. The van der Waals surface area contributed by atoms with Gasteiger partial charge in [-0.15, -0.1) is 11.8 Å². The van der Waals surface area contributed by atoms with Crippen LogP contribution in [0.3, 0.4) is 0 Å². The summed E-state index contributed by atoms with van der Waals surface area (Å²) in [6.45, 7) is 0. The van der Waals surface area contributed by atoms with Crippen LogP contribution in [0.15, 0.2) is 71.6 Å². The van der Waals surface area contributed by atoms with E-state index in [9.17, 15) is 9.18 Å². The van der Waals surface area contributed by atoms with Crippen LogP contribution < -0.4 is 10.5 Å². The number of methoxy groups -OCH3 is 1. The maximum absolute atomic E-state index is 13.4. The molecule has 0 spiro atoms. The number of para-hydroxylation sites is 1. The van der Waals surface area contributed by atoms with Crippen molar-refractivity contribution in [2.45, 2.75) is 10.6 Å². The Bertz CT molecular complexity index is 1190. The van der Waals surface area contributed by atoms with Gasteiger partial charge in [0.05, 0.1) is 23.9 Å². The molecule has 0 aliphatic rings. The van der Waals surface area contributed by atoms with E-state index in [1.54, 1.807) is 43.1 Å². The average molecular weight is 407 g/mol. The Kier molecular flexibility index (Phi) is 5.22. The second kappa shape index (κ2) is 7.97. The van der Waals surface area contributed by atoms with Gasteiger partial charge in [0.25, 0.3) is 0 Å². The number of thioether (sulfide) groups is 1. The molecule has 29 heavy (non-hydrogen) atoms. The third-order valence-electron chi connectivity index (χ3n) is 4.52. The molecule has 0 radical (unpaired) electrons. The topological polar surface area (TPSA) is 70.1 Å². The van der Waals surface area contributed by atoms with Crippen molar-refractivity contribution in [1.82, 2.24) is 9.55 Å². The third-order valence-corrected chi connectivity index (χ3v) is 5.57. The van der Waals surface area contributed by atoms with Crippen molar-refractivity contribution in [2.75, 3.05) is 7.11 Å². The summed E-state index contributed by atoms with van der Waals surface area (Å²) in [5.41, 5.74) is 8.06. The lowest BCUT2D eigenvalue weighted by molar-refractivity contribution is 0.100. The summed E-state index contributed by atoms with van der Waals surface area (Å²) in [5.74, 6) is 1.30. The molecule has 0 saturated heterocycles. The molecule has 1 aromatic heterocycles. The SMILES string of the molecule is COc1ccccc1SCc1nc2cc(C(N)=O)ccc2n1-c1ccc(F)cc1. The molecule has 1 amide bonds. The van der Waals surface area contributed by atoms with E-state index in [0.717, 1.165) is 27.7 Å². The molecule has 0 aliphatic heterocycles. The first kappa shape index (κ1) is 19.0. The molecule has 146 valence electrons. The molecule has 0 aliphatic carbocycles. The Morgan fingerprint density at radius 1 is 1.14 bits per heavy atom. The molecule has 4 aromatic rings. The minimum Gasteiger partial charge on any atom is -0.496 e. The fraction of sp³-hybridized carbons (Fsp3) is 0.0909. The Hall–Kier alpha value is -3.32. The zero-order valence-electron chi connectivity index (χ0n) is 15.6. The number of hydrogen-bond acceptors (Lipinski definition) is 4. The largest absolute Gasteiger partial charge is 0.496 e. The monoisotopic (exact) mass is 407 g/mol. The van der Waals surface area contributed by atoms with Crippen LogP contribution in [-0.2, 0) is 5.75 Å². The summed E-state index contributed by atoms with van der Waals surface area (Å²) >= 11 is 1.59. The normalized spacial score (nSPS) is 11.0. The standard InChI is InChI=1S/C22H18FN3O2S/c1-28-19-4-2-3-5-20(19)29-13-21-25-17-12-14(22(24)27)6-11-18(17)26(21)16-9-7-15(23)8-10-16/h2-12H,13H2,1H3,(H2,24,27). The number of halogens is 1. The molecule has 0 saturated carbocycles. The number of primary amides is 1. The molecule has 1 heterocycles. The van der Waals surface area contributed by atoms with E-state index in [1.165, 1.54) is 12.1 Å². The third kappa shape index (κ3) is 3.82. The van der Waals surface area contributed by atoms with Crippen molar-refractivity contribution < 1.29 is 13.9 Å². The highest BCUT2D eigenvalue weighted by Crippen LogP contribution is 2.33. The molecular formula is C22H18FN3O2S. The lowest BCUT2D eigenvalue weighted by Crippen LogP contribution is -2.10. The number of nitrogens with two attached hydrogens (primary N) is 1. The summed E-state index contributed by atoms with van der Waals surface area (Å²) in [4.78, 5) is 17.3. The molecule has 5 nitrogen and oxygen atoms in total. The number of hydrogen-bond donors (Lipinski definition) is 1. The zero-order valence-corrected chi connectivity index (χ0v) is 16.4. The Morgan fingerprint density at radius 2 is 1.90 bits per heavy atom. The van der Waals surface area contributed by atoms with Crippen molar-refractivity contribution in [3.63, 3.8) is 0 Å². The van der Waals surface area contributed by atoms with Crippen LogP contribution in [0.1, 0.15) is 16.2 Å². The molecule has 0 fully saturated rings. The van der Waals surface area contributed by atoms with Gasteiger partial charge in [-0.2, -0.15) is 0 Å². The van der Waals surface area contributed by atoms with Gasteiger partial charge in [-0.3, -0.25) is 9.36 Å². The van der Waals surface area contributed by atoms with Crippen LogP contribution in [0.5, 0.6) is 5.75 Å². The van der Waals surface area contributed by atoms with Gasteiger partial charge in [0.2, 0.25) is 5.91 Å². The lowest BCUT2D eigenvalue weighted by atomic mass is 10.2. The van der Waals surface area contributed by atoms with Crippen molar-refractivity contribution in [2.24, 2.45) is 5.73 Å². The summed E-state index contributed by atoms with van der Waals surface area (Å²) in [6.07, 6.45) is 0. The van der Waals surface area contributed by atoms with Gasteiger partial charge in [0, 0.05) is 16.1 Å². The van der Waals surface area contributed by atoms with E-state index in [2.05, 4.69) is 0 Å². The Balaban J connectivity index is 1.79. The van der Waals surface area contributed by atoms with Crippen LogP contribution in [0.25, 0.3) is 16.7 Å². The number of rotatable bonds is 6. The fourth-order valence-corrected chi connectivity index (χ4v) is 4.09. The van der Waals surface area contributed by atoms with Gasteiger partial charge in [-0.05, 0) is 54.6 Å². The van der Waals surface area contributed by atoms with Gasteiger partial charge < -0.3 is 10.5 Å². The molecule has 4 rings (SSSR count). The second-order valence-corrected chi connectivity index (χ2v) is 7.36. The van der Waals surface area contributed by atoms with Gasteiger partial charge in [0.15, 0.2) is 0 Å². The molecule has 0 atom stereocenters. The highest BCUT2D eigenvalue weighted by atomic mass is 32.2. The van der Waals surface area contributed by atoms with Crippen molar-refractivity contribution >= 4 is 28.7 Å². The van der Waals surface area contributed by atoms with E-state index in [0.29, 0.717) is 16.8 Å². The number of fused-ring (bicyclic) bond motifs is 1. The minimum atomic E-state index is -0.506. The van der Waals surface area contributed by atoms with Crippen LogP contribution in [-0.4, -0.2) is 22.6 Å². The smallest absolute Gasteiger partial charge is 0.248 e. The minimum absolute atomic E-state index is 0.306. The first-order chi connectivity index (χ1) is 14.1.